The minimum Gasteiger partial charge on any atom is -0.392 e. The second-order valence-electron chi connectivity index (χ2n) is 2.96. The fourth-order valence-electron chi connectivity index (χ4n) is 1.19. The fourth-order valence-corrected chi connectivity index (χ4v) is 1.19. The molecule has 1 rings (SSSR count). The highest BCUT2D eigenvalue weighted by atomic mass is 16.2. The first kappa shape index (κ1) is 9.96. The van der Waals surface area contributed by atoms with Gasteiger partial charge in [0.1, 0.15) is 0 Å². The van der Waals surface area contributed by atoms with E-state index in [0.29, 0.717) is 0 Å². The van der Waals surface area contributed by atoms with Gasteiger partial charge in [-0.2, -0.15) is 0 Å². The van der Waals surface area contributed by atoms with Gasteiger partial charge in [0.15, 0.2) is 0 Å². The van der Waals surface area contributed by atoms with Gasteiger partial charge in [0, 0.05) is 6.04 Å². The Hall–Kier alpha value is -1.12. The van der Waals surface area contributed by atoms with Crippen molar-refractivity contribution in [1.29, 1.82) is 0 Å². The van der Waals surface area contributed by atoms with E-state index in [0.717, 1.165) is 6.42 Å². The van der Waals surface area contributed by atoms with Crippen LogP contribution in [-0.2, 0) is 6.42 Å². The molecule has 2 nitrogen and oxygen atoms in total. The second kappa shape index (κ2) is 5.51. The van der Waals surface area contributed by atoms with Gasteiger partial charge in [-0.1, -0.05) is 42.5 Å². The van der Waals surface area contributed by atoms with Gasteiger partial charge < -0.3 is 10.8 Å². The number of aliphatic hydroxyl groups is 1. The number of hydrogen-bond donors (Lipinski definition) is 2. The zero-order valence-corrected chi connectivity index (χ0v) is 7.56. The molecule has 0 fully saturated rings. The van der Waals surface area contributed by atoms with Crippen LogP contribution in [-0.4, -0.2) is 17.8 Å². The molecule has 1 unspecified atom stereocenters. The van der Waals surface area contributed by atoms with Crippen LogP contribution in [0.25, 0.3) is 0 Å². The summed E-state index contributed by atoms with van der Waals surface area (Å²) in [6.45, 7) is 0.0580. The minimum absolute atomic E-state index is 0.00505. The number of aliphatic hydroxyl groups excluding tert-OH is 1. The topological polar surface area (TPSA) is 46.2 Å². The Labute approximate surface area is 78.7 Å². The van der Waals surface area contributed by atoms with Crippen LogP contribution < -0.4 is 5.73 Å². The summed E-state index contributed by atoms with van der Waals surface area (Å²) < 4.78 is 0. The first-order valence-electron chi connectivity index (χ1n) is 4.40. The lowest BCUT2D eigenvalue weighted by atomic mass is 10.1. The van der Waals surface area contributed by atoms with Crippen molar-refractivity contribution < 1.29 is 5.11 Å². The van der Waals surface area contributed by atoms with E-state index in [1.54, 1.807) is 6.08 Å². The van der Waals surface area contributed by atoms with Crippen LogP contribution in [0.2, 0.25) is 0 Å². The first-order valence-corrected chi connectivity index (χ1v) is 4.40. The fraction of sp³-hybridized carbons (Fsp3) is 0.273. The monoisotopic (exact) mass is 177 g/mol. The van der Waals surface area contributed by atoms with Crippen LogP contribution in [0, 0.1) is 0 Å². The van der Waals surface area contributed by atoms with Crippen molar-refractivity contribution in [2.45, 2.75) is 12.5 Å². The molecule has 0 radical (unpaired) electrons. The summed E-state index contributed by atoms with van der Waals surface area (Å²) in [4.78, 5) is 0. The number of rotatable bonds is 4. The third-order valence-electron chi connectivity index (χ3n) is 1.80. The van der Waals surface area contributed by atoms with Crippen LogP contribution >= 0.6 is 0 Å². The largest absolute Gasteiger partial charge is 0.392 e. The molecule has 1 atom stereocenters. The van der Waals surface area contributed by atoms with Gasteiger partial charge >= 0.3 is 0 Å². The third-order valence-corrected chi connectivity index (χ3v) is 1.80. The van der Waals surface area contributed by atoms with Crippen molar-refractivity contribution in [2.24, 2.45) is 5.73 Å². The van der Waals surface area contributed by atoms with E-state index in [4.69, 9.17) is 10.8 Å². The molecule has 0 spiro atoms. The number of nitrogens with two attached hydrogens (primary N) is 1. The predicted octanol–water partition coefficient (Wildman–Crippen LogP) is 1.10. The molecule has 1 aromatic carbocycles. The van der Waals surface area contributed by atoms with Gasteiger partial charge in [0.25, 0.3) is 0 Å². The quantitative estimate of drug-likeness (QED) is 0.677. The maximum atomic E-state index is 8.54. The van der Waals surface area contributed by atoms with Gasteiger partial charge in [-0.3, -0.25) is 0 Å². The SMILES string of the molecule is NC(/C=C/CO)Cc1ccccc1. The average Bonchev–Trinajstić information content (AvgIpc) is 2.16. The van der Waals surface area contributed by atoms with Gasteiger partial charge in [0.2, 0.25) is 0 Å². The highest BCUT2D eigenvalue weighted by molar-refractivity contribution is 5.17. The maximum Gasteiger partial charge on any atom is 0.0612 e. The molecule has 3 N–H and O–H groups in total. The second-order valence-corrected chi connectivity index (χ2v) is 2.96. The van der Waals surface area contributed by atoms with Crippen LogP contribution in [0.3, 0.4) is 0 Å². The zero-order chi connectivity index (χ0) is 9.52. The summed E-state index contributed by atoms with van der Waals surface area (Å²) in [6.07, 6.45) is 4.32. The summed E-state index contributed by atoms with van der Waals surface area (Å²) in [5.74, 6) is 0. The Balaban J connectivity index is 2.45. The van der Waals surface area contributed by atoms with Crippen molar-refractivity contribution in [1.82, 2.24) is 0 Å². The lowest BCUT2D eigenvalue weighted by molar-refractivity contribution is 0.342. The number of benzene rings is 1. The van der Waals surface area contributed by atoms with E-state index in [-0.39, 0.29) is 12.6 Å². The van der Waals surface area contributed by atoms with E-state index in [2.05, 4.69) is 0 Å². The van der Waals surface area contributed by atoms with Gasteiger partial charge in [0.05, 0.1) is 6.61 Å². The average molecular weight is 177 g/mol. The van der Waals surface area contributed by atoms with Crippen molar-refractivity contribution >= 4 is 0 Å². The molecule has 0 aliphatic rings. The molecule has 13 heavy (non-hydrogen) atoms. The summed E-state index contributed by atoms with van der Waals surface area (Å²) in [5.41, 5.74) is 7.01. The summed E-state index contributed by atoms with van der Waals surface area (Å²) in [6, 6.07) is 10.1. The predicted molar refractivity (Wildman–Crippen MR) is 54.3 cm³/mol. The maximum absolute atomic E-state index is 8.54. The van der Waals surface area contributed by atoms with E-state index in [9.17, 15) is 0 Å². The van der Waals surface area contributed by atoms with Crippen molar-refractivity contribution in [3.8, 4) is 0 Å². The summed E-state index contributed by atoms with van der Waals surface area (Å²) >= 11 is 0. The van der Waals surface area contributed by atoms with Crippen LogP contribution in [0.4, 0.5) is 0 Å². The molecule has 70 valence electrons. The molecule has 0 amide bonds. The van der Waals surface area contributed by atoms with E-state index in [1.807, 2.05) is 36.4 Å². The smallest absolute Gasteiger partial charge is 0.0612 e. The molecule has 1 aromatic rings. The highest BCUT2D eigenvalue weighted by Crippen LogP contribution is 2.02. The standard InChI is InChI=1S/C11H15NO/c12-11(7-4-8-13)9-10-5-2-1-3-6-10/h1-7,11,13H,8-9,12H2/b7-4+. The Morgan fingerprint density at radius 2 is 2.00 bits per heavy atom. The van der Waals surface area contributed by atoms with E-state index in [1.165, 1.54) is 5.56 Å². The lowest BCUT2D eigenvalue weighted by Crippen LogP contribution is -2.19. The molecule has 0 aromatic heterocycles. The molecule has 0 bridgehead atoms. The molecular weight excluding hydrogens is 162 g/mol. The Morgan fingerprint density at radius 3 is 2.62 bits per heavy atom. The molecular formula is C11H15NO. The van der Waals surface area contributed by atoms with E-state index >= 15 is 0 Å². The van der Waals surface area contributed by atoms with E-state index < -0.39 is 0 Å². The molecule has 0 saturated heterocycles. The minimum atomic E-state index is -0.00505. The zero-order valence-electron chi connectivity index (χ0n) is 7.56. The highest BCUT2D eigenvalue weighted by Gasteiger charge is 1.97. The van der Waals surface area contributed by atoms with Crippen LogP contribution in [0.5, 0.6) is 0 Å². The molecule has 2 heteroatoms. The molecule has 0 aliphatic carbocycles. The Bertz CT molecular complexity index is 256. The number of hydrogen-bond acceptors (Lipinski definition) is 2. The van der Waals surface area contributed by atoms with Gasteiger partial charge in [-0.25, -0.2) is 0 Å². The van der Waals surface area contributed by atoms with Gasteiger partial charge in [-0.15, -0.1) is 0 Å². The van der Waals surface area contributed by atoms with Crippen LogP contribution in [0.15, 0.2) is 42.5 Å². The van der Waals surface area contributed by atoms with Crippen LogP contribution in [0.1, 0.15) is 5.56 Å². The Kier molecular flexibility index (Phi) is 4.23. The Morgan fingerprint density at radius 1 is 1.31 bits per heavy atom. The first-order chi connectivity index (χ1) is 6.33. The van der Waals surface area contributed by atoms with Crippen molar-refractivity contribution in [3.63, 3.8) is 0 Å². The van der Waals surface area contributed by atoms with Crippen molar-refractivity contribution in [3.05, 3.63) is 48.0 Å². The summed E-state index contributed by atoms with van der Waals surface area (Å²) in [7, 11) is 0. The molecule has 0 saturated carbocycles. The molecule has 0 aliphatic heterocycles. The van der Waals surface area contributed by atoms with Gasteiger partial charge in [-0.05, 0) is 12.0 Å². The summed E-state index contributed by atoms with van der Waals surface area (Å²) in [5, 5.41) is 8.54. The molecule has 0 heterocycles. The third kappa shape index (κ3) is 3.87. The lowest BCUT2D eigenvalue weighted by Gasteiger charge is -2.05. The van der Waals surface area contributed by atoms with Crippen molar-refractivity contribution in [2.75, 3.05) is 6.61 Å². The normalized spacial score (nSPS) is 13.4.